The molecule has 0 saturated carbocycles. The predicted octanol–water partition coefficient (Wildman–Crippen LogP) is 0.407. The number of carboxylic acid groups (broad SMARTS) is 2. The molecule has 6 nitrogen and oxygen atoms in total. The van der Waals surface area contributed by atoms with Crippen LogP contribution in [-0.4, -0.2) is 45.5 Å². The van der Waals surface area contributed by atoms with Gasteiger partial charge in [0.2, 0.25) is 0 Å². The SMILES string of the molecule is O=C(O)CCCN(O)CCCC(=O)O. The molecule has 6 heteroatoms. The molecule has 0 fully saturated rings. The Kier molecular flexibility index (Phi) is 6.69. The molecule has 0 aromatic carbocycles. The maximum atomic E-state index is 10.1. The van der Waals surface area contributed by atoms with Crippen LogP contribution in [0.1, 0.15) is 25.7 Å². The standard InChI is InChI=1S/C8H15NO5/c10-7(11)3-1-5-9(14)6-2-4-8(12)13/h14H,1-6H2,(H,10,11)(H,12,13). The molecule has 0 aliphatic rings. The van der Waals surface area contributed by atoms with Crippen LogP contribution in [0.4, 0.5) is 0 Å². The fourth-order valence-corrected chi connectivity index (χ4v) is 0.937. The molecule has 0 atom stereocenters. The van der Waals surface area contributed by atoms with Crippen LogP contribution in [0.25, 0.3) is 0 Å². The summed E-state index contributed by atoms with van der Waals surface area (Å²) in [4.78, 5) is 20.2. The van der Waals surface area contributed by atoms with E-state index in [9.17, 15) is 9.59 Å². The molecule has 0 rings (SSSR count). The third-order valence-corrected chi connectivity index (χ3v) is 1.61. The lowest BCUT2D eigenvalue weighted by Crippen LogP contribution is -2.22. The van der Waals surface area contributed by atoms with Crippen molar-refractivity contribution in [3.8, 4) is 0 Å². The van der Waals surface area contributed by atoms with Gasteiger partial charge in [0.1, 0.15) is 0 Å². The zero-order chi connectivity index (χ0) is 11.0. The maximum absolute atomic E-state index is 10.1. The summed E-state index contributed by atoms with van der Waals surface area (Å²) in [6, 6.07) is 0. The number of hydrogen-bond donors (Lipinski definition) is 3. The van der Waals surface area contributed by atoms with Crippen molar-refractivity contribution in [1.82, 2.24) is 5.06 Å². The van der Waals surface area contributed by atoms with E-state index in [2.05, 4.69) is 0 Å². The van der Waals surface area contributed by atoms with E-state index in [1.54, 1.807) is 0 Å². The monoisotopic (exact) mass is 205 g/mol. The maximum Gasteiger partial charge on any atom is 0.303 e. The normalized spacial score (nSPS) is 10.4. The Morgan fingerprint density at radius 2 is 1.29 bits per heavy atom. The van der Waals surface area contributed by atoms with E-state index < -0.39 is 11.9 Å². The summed E-state index contributed by atoms with van der Waals surface area (Å²) >= 11 is 0. The average Bonchev–Trinajstić information content (AvgIpc) is 2.02. The van der Waals surface area contributed by atoms with Gasteiger partial charge >= 0.3 is 11.9 Å². The summed E-state index contributed by atoms with van der Waals surface area (Å²) in [5.41, 5.74) is 0. The predicted molar refractivity (Wildman–Crippen MR) is 47.1 cm³/mol. The molecule has 0 unspecified atom stereocenters. The van der Waals surface area contributed by atoms with Crippen molar-refractivity contribution in [2.45, 2.75) is 25.7 Å². The summed E-state index contributed by atoms with van der Waals surface area (Å²) in [7, 11) is 0. The molecule has 0 aliphatic carbocycles. The van der Waals surface area contributed by atoms with E-state index in [1.165, 1.54) is 0 Å². The Hall–Kier alpha value is -1.14. The molecule has 0 spiro atoms. The summed E-state index contributed by atoms with van der Waals surface area (Å²) in [5, 5.41) is 26.7. The first-order chi connectivity index (χ1) is 6.52. The molecule has 0 saturated heterocycles. The van der Waals surface area contributed by atoms with E-state index >= 15 is 0 Å². The van der Waals surface area contributed by atoms with Crippen molar-refractivity contribution in [2.24, 2.45) is 0 Å². The van der Waals surface area contributed by atoms with Crippen molar-refractivity contribution in [2.75, 3.05) is 13.1 Å². The summed E-state index contributed by atoms with van der Waals surface area (Å²) in [5.74, 6) is -1.80. The number of carboxylic acids is 2. The minimum atomic E-state index is -0.899. The van der Waals surface area contributed by atoms with Gasteiger partial charge in [-0.2, -0.15) is 5.06 Å². The van der Waals surface area contributed by atoms with Crippen molar-refractivity contribution < 1.29 is 25.0 Å². The highest BCUT2D eigenvalue weighted by Gasteiger charge is 2.04. The highest BCUT2D eigenvalue weighted by molar-refractivity contribution is 5.66. The lowest BCUT2D eigenvalue weighted by Gasteiger charge is -2.12. The number of carbonyl (C=O) groups is 2. The average molecular weight is 205 g/mol. The molecule has 3 N–H and O–H groups in total. The van der Waals surface area contributed by atoms with Crippen LogP contribution in [0.3, 0.4) is 0 Å². The Labute approximate surface area is 81.7 Å². The van der Waals surface area contributed by atoms with Crippen LogP contribution in [0.5, 0.6) is 0 Å². The summed E-state index contributed by atoms with van der Waals surface area (Å²) in [6.07, 6.45) is 0.740. The van der Waals surface area contributed by atoms with Gasteiger partial charge in [0, 0.05) is 25.9 Å². The van der Waals surface area contributed by atoms with Crippen LogP contribution in [-0.2, 0) is 9.59 Å². The second kappa shape index (κ2) is 7.28. The molecule has 0 bridgehead atoms. The smallest absolute Gasteiger partial charge is 0.303 e. The van der Waals surface area contributed by atoms with Crippen LogP contribution in [0.15, 0.2) is 0 Å². The van der Waals surface area contributed by atoms with Crippen LogP contribution >= 0.6 is 0 Å². The second-order valence-corrected chi connectivity index (χ2v) is 2.95. The third-order valence-electron chi connectivity index (χ3n) is 1.61. The first-order valence-corrected chi connectivity index (χ1v) is 4.40. The molecule has 0 heterocycles. The van der Waals surface area contributed by atoms with E-state index in [-0.39, 0.29) is 25.9 Å². The van der Waals surface area contributed by atoms with Gasteiger partial charge < -0.3 is 15.4 Å². The second-order valence-electron chi connectivity index (χ2n) is 2.95. The highest BCUT2D eigenvalue weighted by Crippen LogP contribution is 1.96. The van der Waals surface area contributed by atoms with Gasteiger partial charge in [0.25, 0.3) is 0 Å². The lowest BCUT2D eigenvalue weighted by molar-refractivity contribution is -0.138. The topological polar surface area (TPSA) is 98.1 Å². The molecule has 0 amide bonds. The van der Waals surface area contributed by atoms with Gasteiger partial charge in [0.15, 0.2) is 0 Å². The van der Waals surface area contributed by atoms with Crippen LogP contribution in [0.2, 0.25) is 0 Å². The quantitative estimate of drug-likeness (QED) is 0.496. The zero-order valence-corrected chi connectivity index (χ0v) is 7.85. The van der Waals surface area contributed by atoms with Gasteiger partial charge in [0.05, 0.1) is 0 Å². The van der Waals surface area contributed by atoms with E-state index in [1.807, 2.05) is 0 Å². The Morgan fingerprint density at radius 3 is 1.57 bits per heavy atom. The fraction of sp³-hybridized carbons (Fsp3) is 0.750. The van der Waals surface area contributed by atoms with Crippen LogP contribution in [0, 0.1) is 0 Å². The Balaban J connectivity index is 3.32. The highest BCUT2D eigenvalue weighted by atomic mass is 16.5. The molecule has 0 radical (unpaired) electrons. The molecular formula is C8H15NO5. The van der Waals surface area contributed by atoms with Gasteiger partial charge in [-0.05, 0) is 12.8 Å². The van der Waals surface area contributed by atoms with Crippen molar-refractivity contribution in [1.29, 1.82) is 0 Å². The van der Waals surface area contributed by atoms with Crippen molar-refractivity contribution >= 4 is 11.9 Å². The molecule has 0 aliphatic heterocycles. The Morgan fingerprint density at radius 1 is 0.929 bits per heavy atom. The minimum Gasteiger partial charge on any atom is -0.481 e. The van der Waals surface area contributed by atoms with Gasteiger partial charge in [-0.1, -0.05) is 0 Å². The van der Waals surface area contributed by atoms with Gasteiger partial charge in [-0.25, -0.2) is 0 Å². The van der Waals surface area contributed by atoms with E-state index in [0.29, 0.717) is 12.8 Å². The van der Waals surface area contributed by atoms with Gasteiger partial charge in [-0.3, -0.25) is 9.59 Å². The minimum absolute atomic E-state index is 0.00991. The number of hydroxylamine groups is 2. The molecule has 14 heavy (non-hydrogen) atoms. The number of aliphatic carboxylic acids is 2. The number of nitrogens with zero attached hydrogens (tertiary/aromatic N) is 1. The largest absolute Gasteiger partial charge is 0.481 e. The number of hydrogen-bond acceptors (Lipinski definition) is 4. The van der Waals surface area contributed by atoms with E-state index in [0.717, 1.165) is 5.06 Å². The molecule has 0 aromatic rings. The number of rotatable bonds is 8. The summed E-state index contributed by atoms with van der Waals surface area (Å²) < 4.78 is 0. The zero-order valence-electron chi connectivity index (χ0n) is 7.85. The molecular weight excluding hydrogens is 190 g/mol. The Bertz CT molecular complexity index is 174. The third kappa shape index (κ3) is 8.95. The first-order valence-electron chi connectivity index (χ1n) is 4.40. The van der Waals surface area contributed by atoms with Crippen molar-refractivity contribution in [3.63, 3.8) is 0 Å². The molecule has 0 aromatic heterocycles. The van der Waals surface area contributed by atoms with Crippen molar-refractivity contribution in [3.05, 3.63) is 0 Å². The first kappa shape index (κ1) is 12.9. The fourth-order valence-electron chi connectivity index (χ4n) is 0.937. The lowest BCUT2D eigenvalue weighted by atomic mass is 10.3. The van der Waals surface area contributed by atoms with E-state index in [4.69, 9.17) is 15.4 Å². The summed E-state index contributed by atoms with van der Waals surface area (Å²) in [6.45, 7) is 0.512. The van der Waals surface area contributed by atoms with Gasteiger partial charge in [-0.15, -0.1) is 0 Å². The van der Waals surface area contributed by atoms with Crippen LogP contribution < -0.4 is 0 Å². The molecule has 82 valence electrons.